The van der Waals surface area contributed by atoms with Crippen LogP contribution in [0.25, 0.3) is 38.8 Å². The predicted molar refractivity (Wildman–Crippen MR) is 185 cm³/mol. The van der Waals surface area contributed by atoms with Crippen molar-refractivity contribution in [1.82, 2.24) is 14.5 Å². The molecule has 2 heterocycles. The smallest absolute Gasteiger partial charge is 0.184 e. The fourth-order valence-corrected chi connectivity index (χ4v) is 11.7. The number of aromatic nitrogens is 3. The van der Waals surface area contributed by atoms with Crippen LogP contribution < -0.4 is 20.7 Å². The number of benzene rings is 6. The van der Waals surface area contributed by atoms with Gasteiger partial charge in [-0.2, -0.15) is 0 Å². The lowest BCUT2D eigenvalue weighted by Crippen LogP contribution is -2.75. The minimum atomic E-state index is -2.94. The Morgan fingerprint density at radius 1 is 0.477 bits per heavy atom. The van der Waals surface area contributed by atoms with Crippen LogP contribution in [0.2, 0.25) is 0 Å². The van der Waals surface area contributed by atoms with Gasteiger partial charge in [0.05, 0.1) is 16.7 Å². The van der Waals surface area contributed by atoms with Crippen molar-refractivity contribution in [3.63, 3.8) is 0 Å². The van der Waals surface area contributed by atoms with E-state index in [0.29, 0.717) is 0 Å². The zero-order valence-electron chi connectivity index (χ0n) is 24.1. The number of hydrogen-bond acceptors (Lipinski definition) is 2. The van der Waals surface area contributed by atoms with Gasteiger partial charge < -0.3 is 4.57 Å². The van der Waals surface area contributed by atoms with Gasteiger partial charge in [-0.25, -0.2) is 9.97 Å². The molecule has 44 heavy (non-hydrogen) atoms. The summed E-state index contributed by atoms with van der Waals surface area (Å²) in [7, 11) is -2.94. The molecule has 0 spiro atoms. The van der Waals surface area contributed by atoms with E-state index in [1.165, 1.54) is 42.6 Å². The highest BCUT2D eigenvalue weighted by molar-refractivity contribution is 7.20. The molecule has 0 unspecified atom stereocenters. The molecule has 0 aliphatic heterocycles. The van der Waals surface area contributed by atoms with E-state index in [2.05, 4.69) is 180 Å². The molecule has 0 radical (unpaired) electrons. The Labute approximate surface area is 257 Å². The number of hydrogen-bond donors (Lipinski definition) is 0. The maximum absolute atomic E-state index is 4.97. The molecule has 8 aromatic rings. The monoisotopic (exact) mass is 579 g/mol. The molecule has 8 rings (SSSR count). The van der Waals surface area contributed by atoms with Crippen LogP contribution in [0.15, 0.2) is 176 Å². The Balaban J connectivity index is 1.52. The van der Waals surface area contributed by atoms with Crippen LogP contribution in [0.4, 0.5) is 0 Å². The van der Waals surface area contributed by atoms with Crippen LogP contribution in [0.5, 0.6) is 0 Å². The molecule has 2 aromatic heterocycles. The lowest BCUT2D eigenvalue weighted by Gasteiger charge is -2.35. The second-order valence-electron chi connectivity index (χ2n) is 11.1. The molecule has 0 N–H and O–H groups in total. The molecule has 0 aliphatic carbocycles. The highest BCUT2D eigenvalue weighted by atomic mass is 28.3. The molecule has 0 amide bonds. The number of para-hydroxylation sites is 2. The van der Waals surface area contributed by atoms with Gasteiger partial charge in [0, 0.05) is 28.2 Å². The molecule has 4 heteroatoms. The van der Waals surface area contributed by atoms with Crippen LogP contribution in [0, 0.1) is 0 Å². The second-order valence-corrected chi connectivity index (χ2v) is 14.8. The van der Waals surface area contributed by atoms with E-state index in [9.17, 15) is 0 Å². The summed E-state index contributed by atoms with van der Waals surface area (Å²) in [5.74, 6) is 0. The molecule has 0 atom stereocenters. The summed E-state index contributed by atoms with van der Waals surface area (Å²) >= 11 is 0. The largest absolute Gasteiger partial charge is 0.309 e. The third kappa shape index (κ3) is 4.11. The molecule has 0 fully saturated rings. The summed E-state index contributed by atoms with van der Waals surface area (Å²) in [5, 5.41) is 7.54. The Morgan fingerprint density at radius 3 is 1.73 bits per heavy atom. The van der Waals surface area contributed by atoms with Crippen molar-refractivity contribution in [1.29, 1.82) is 0 Å². The highest BCUT2D eigenvalue weighted by Gasteiger charge is 2.44. The molecule has 208 valence electrons. The van der Waals surface area contributed by atoms with E-state index in [-0.39, 0.29) is 0 Å². The lowest BCUT2D eigenvalue weighted by molar-refractivity contribution is 1.18. The van der Waals surface area contributed by atoms with Crippen molar-refractivity contribution in [2.24, 2.45) is 0 Å². The Kier molecular flexibility index (Phi) is 6.47. The molecule has 0 saturated carbocycles. The average molecular weight is 580 g/mol. The quantitative estimate of drug-likeness (QED) is 0.164. The number of rotatable bonds is 6. The van der Waals surface area contributed by atoms with Crippen molar-refractivity contribution < 1.29 is 0 Å². The maximum Gasteiger partial charge on any atom is 0.184 e. The van der Waals surface area contributed by atoms with Crippen molar-refractivity contribution in [2.75, 3.05) is 0 Å². The van der Waals surface area contributed by atoms with Crippen molar-refractivity contribution in [3.05, 3.63) is 176 Å². The first-order valence-corrected chi connectivity index (χ1v) is 16.9. The first kappa shape index (κ1) is 26.1. The third-order valence-electron chi connectivity index (χ3n) is 8.70. The summed E-state index contributed by atoms with van der Waals surface area (Å²) in [6.07, 6.45) is 3.75. The van der Waals surface area contributed by atoms with Crippen molar-refractivity contribution >= 4 is 50.6 Å². The molecule has 6 aromatic carbocycles. The van der Waals surface area contributed by atoms with Crippen LogP contribution in [0.1, 0.15) is 0 Å². The Bertz CT molecular complexity index is 2170. The zero-order chi connectivity index (χ0) is 29.3. The van der Waals surface area contributed by atoms with Gasteiger partial charge in [-0.3, -0.25) is 0 Å². The molecule has 0 bridgehead atoms. The van der Waals surface area contributed by atoms with E-state index in [1.807, 2.05) is 0 Å². The van der Waals surface area contributed by atoms with E-state index >= 15 is 0 Å². The Hall–Kier alpha value is -5.58. The van der Waals surface area contributed by atoms with Gasteiger partial charge in [0.1, 0.15) is 6.33 Å². The van der Waals surface area contributed by atoms with Crippen LogP contribution in [-0.4, -0.2) is 22.6 Å². The normalized spacial score (nSPS) is 11.6. The summed E-state index contributed by atoms with van der Waals surface area (Å²) in [6.45, 7) is 0. The number of fused-ring (bicyclic) bond motifs is 3. The highest BCUT2D eigenvalue weighted by Crippen LogP contribution is 2.32. The first-order chi connectivity index (χ1) is 21.9. The fraction of sp³-hybridized carbons (Fsp3) is 0. The fourth-order valence-electron chi connectivity index (χ4n) is 6.83. The minimum absolute atomic E-state index is 0.979. The summed E-state index contributed by atoms with van der Waals surface area (Å²) in [6, 6.07) is 59.0. The summed E-state index contributed by atoms with van der Waals surface area (Å²) in [5.41, 5.74) is 5.62. The van der Waals surface area contributed by atoms with E-state index in [1.54, 1.807) is 6.33 Å². The van der Waals surface area contributed by atoms with Crippen LogP contribution in [-0.2, 0) is 0 Å². The van der Waals surface area contributed by atoms with E-state index < -0.39 is 8.07 Å². The SMILES string of the molecule is c1ccc(-c2ncncc2[Si](c2ccccc2)(c2ccccc2)c2ccc3c(c2)c2ccccc2n3-c2ccccc2)cc1. The minimum Gasteiger partial charge on any atom is -0.309 e. The van der Waals surface area contributed by atoms with Gasteiger partial charge in [-0.1, -0.05) is 140 Å². The van der Waals surface area contributed by atoms with Gasteiger partial charge >= 0.3 is 0 Å². The van der Waals surface area contributed by atoms with Crippen LogP contribution >= 0.6 is 0 Å². The summed E-state index contributed by atoms with van der Waals surface area (Å²) in [4.78, 5) is 9.66. The molecular formula is C40H29N3Si. The predicted octanol–water partition coefficient (Wildman–Crippen LogP) is 6.62. The van der Waals surface area contributed by atoms with Gasteiger partial charge in [-0.15, -0.1) is 0 Å². The first-order valence-electron chi connectivity index (χ1n) is 14.9. The average Bonchev–Trinajstić information content (AvgIpc) is 3.44. The number of nitrogens with zero attached hydrogens (tertiary/aromatic N) is 3. The zero-order valence-corrected chi connectivity index (χ0v) is 25.1. The van der Waals surface area contributed by atoms with Gasteiger partial charge in [0.2, 0.25) is 0 Å². The maximum atomic E-state index is 4.97. The molecule has 0 saturated heterocycles. The van der Waals surface area contributed by atoms with Crippen LogP contribution in [0.3, 0.4) is 0 Å². The molecule has 0 aliphatic rings. The van der Waals surface area contributed by atoms with E-state index in [4.69, 9.17) is 4.98 Å². The molecule has 3 nitrogen and oxygen atoms in total. The van der Waals surface area contributed by atoms with Crippen molar-refractivity contribution in [3.8, 4) is 16.9 Å². The van der Waals surface area contributed by atoms with Gasteiger partial charge in [-0.05, 0) is 45.0 Å². The van der Waals surface area contributed by atoms with E-state index in [0.717, 1.165) is 16.9 Å². The Morgan fingerprint density at radius 2 is 1.05 bits per heavy atom. The topological polar surface area (TPSA) is 30.7 Å². The van der Waals surface area contributed by atoms with Gasteiger partial charge in [0.25, 0.3) is 0 Å². The summed E-state index contributed by atoms with van der Waals surface area (Å²) < 4.78 is 2.38. The van der Waals surface area contributed by atoms with Gasteiger partial charge in [0.15, 0.2) is 8.07 Å². The third-order valence-corrected chi connectivity index (χ3v) is 13.4. The lowest BCUT2D eigenvalue weighted by atomic mass is 10.1. The van der Waals surface area contributed by atoms with Crippen molar-refractivity contribution in [2.45, 2.75) is 0 Å². The standard InChI is InChI=1S/C40H29N3Si/c1-5-15-30(16-6-1)40-39(28-41-29-42-40)44(32-19-9-3-10-20-32,33-21-11-4-12-22-33)34-25-26-38-36(27-34)35-23-13-14-24-37(35)43(38)31-17-7-2-8-18-31/h1-29H. The molecular weight excluding hydrogens is 551 g/mol. The second kappa shape index (κ2) is 10.9.